The lowest BCUT2D eigenvalue weighted by Crippen LogP contribution is -2.60. The smallest absolute Gasteiger partial charge is 0.186 e. The molecule has 8 nitrogen and oxygen atoms in total. The molecule has 0 aromatic carbocycles. The predicted molar refractivity (Wildman–Crippen MR) is 150 cm³/mol. The molecule has 41 heavy (non-hydrogen) atoms. The third kappa shape index (κ3) is 4.29. The van der Waals surface area contributed by atoms with E-state index in [0.717, 1.165) is 45.1 Å². The van der Waals surface area contributed by atoms with Crippen LogP contribution in [0, 0.1) is 46.3 Å². The predicted octanol–water partition coefficient (Wildman–Crippen LogP) is 3.54. The van der Waals surface area contributed by atoms with Gasteiger partial charge in [0, 0.05) is 12.3 Å². The van der Waals surface area contributed by atoms with Crippen molar-refractivity contribution in [3.8, 4) is 0 Å². The van der Waals surface area contributed by atoms with E-state index in [1.165, 1.54) is 24.8 Å². The van der Waals surface area contributed by atoms with Crippen LogP contribution in [-0.2, 0) is 18.9 Å². The second-order valence-electron chi connectivity index (χ2n) is 15.5. The first kappa shape index (κ1) is 29.1. The van der Waals surface area contributed by atoms with Crippen LogP contribution in [0.2, 0.25) is 0 Å². The van der Waals surface area contributed by atoms with Crippen LogP contribution in [0.5, 0.6) is 0 Å². The van der Waals surface area contributed by atoms with Crippen molar-refractivity contribution in [1.82, 2.24) is 0 Å². The summed E-state index contributed by atoms with van der Waals surface area (Å²) in [5.41, 5.74) is 1.91. The van der Waals surface area contributed by atoms with Gasteiger partial charge < -0.3 is 39.4 Å². The van der Waals surface area contributed by atoms with E-state index in [4.69, 9.17) is 18.9 Å². The van der Waals surface area contributed by atoms with E-state index < -0.39 is 37.3 Å². The lowest BCUT2D eigenvalue weighted by Gasteiger charge is -2.58. The summed E-state index contributed by atoms with van der Waals surface area (Å²) in [5.74, 6) is 3.28. The lowest BCUT2D eigenvalue weighted by atomic mass is 9.47. The second-order valence-corrected chi connectivity index (χ2v) is 15.5. The molecule has 232 valence electrons. The number of rotatable bonds is 3. The number of hydrogen-bond acceptors (Lipinski definition) is 8. The van der Waals surface area contributed by atoms with Gasteiger partial charge >= 0.3 is 0 Å². The van der Waals surface area contributed by atoms with Crippen molar-refractivity contribution in [3.05, 3.63) is 11.6 Å². The largest absolute Gasteiger partial charge is 0.394 e. The fourth-order valence-electron chi connectivity index (χ4n) is 11.1. The maximum Gasteiger partial charge on any atom is 0.186 e. The molecule has 16 atom stereocenters. The fraction of sp³-hybridized carbons (Fsp3) is 0.939. The van der Waals surface area contributed by atoms with E-state index in [9.17, 15) is 20.4 Å². The molecule has 6 fully saturated rings. The number of hydrogen-bond donors (Lipinski definition) is 4. The van der Waals surface area contributed by atoms with E-state index in [1.54, 1.807) is 0 Å². The van der Waals surface area contributed by atoms with E-state index in [2.05, 4.69) is 33.8 Å². The van der Waals surface area contributed by atoms with Crippen LogP contribution in [0.25, 0.3) is 0 Å². The molecule has 0 bridgehead atoms. The molecule has 0 unspecified atom stereocenters. The van der Waals surface area contributed by atoms with Crippen LogP contribution in [-0.4, -0.2) is 82.3 Å². The van der Waals surface area contributed by atoms with Crippen molar-refractivity contribution < 1.29 is 39.4 Å². The Morgan fingerprint density at radius 2 is 1.78 bits per heavy atom. The zero-order valence-corrected chi connectivity index (χ0v) is 25.3. The van der Waals surface area contributed by atoms with Crippen molar-refractivity contribution >= 4 is 0 Å². The van der Waals surface area contributed by atoms with Gasteiger partial charge in [0.1, 0.15) is 24.4 Å². The molecule has 3 heterocycles. The van der Waals surface area contributed by atoms with Crippen LogP contribution in [0.3, 0.4) is 0 Å². The fourth-order valence-corrected chi connectivity index (χ4v) is 11.1. The Hall–Kier alpha value is -0.580. The van der Waals surface area contributed by atoms with Crippen molar-refractivity contribution in [2.24, 2.45) is 46.3 Å². The summed E-state index contributed by atoms with van der Waals surface area (Å²) < 4.78 is 25.3. The van der Waals surface area contributed by atoms with Crippen molar-refractivity contribution in [2.45, 2.75) is 134 Å². The first-order valence-corrected chi connectivity index (χ1v) is 16.5. The molecular formula is C33H52O8. The Labute approximate surface area is 244 Å². The van der Waals surface area contributed by atoms with Crippen LogP contribution < -0.4 is 0 Å². The molecule has 0 aromatic rings. The highest BCUT2D eigenvalue weighted by Gasteiger charge is 2.68. The normalized spacial score (nSPS) is 58.3. The summed E-state index contributed by atoms with van der Waals surface area (Å²) in [4.78, 5) is 0. The van der Waals surface area contributed by atoms with Gasteiger partial charge in [-0.05, 0) is 91.8 Å². The highest BCUT2D eigenvalue weighted by Crippen LogP contribution is 2.70. The third-order valence-corrected chi connectivity index (χ3v) is 13.5. The topological polar surface area (TPSA) is 118 Å². The van der Waals surface area contributed by atoms with Gasteiger partial charge in [0.05, 0.1) is 25.4 Å². The maximum atomic E-state index is 10.5. The van der Waals surface area contributed by atoms with Crippen LogP contribution in [0.4, 0.5) is 0 Å². The van der Waals surface area contributed by atoms with Gasteiger partial charge in [-0.25, -0.2) is 0 Å². The van der Waals surface area contributed by atoms with Gasteiger partial charge in [-0.3, -0.25) is 0 Å². The molecule has 0 amide bonds. The lowest BCUT2D eigenvalue weighted by molar-refractivity contribution is -0.313. The Kier molecular flexibility index (Phi) is 7.27. The van der Waals surface area contributed by atoms with E-state index in [1.807, 2.05) is 0 Å². The number of ether oxygens (including phenoxy) is 4. The molecule has 0 aromatic heterocycles. The average molecular weight is 577 g/mol. The first-order valence-electron chi connectivity index (χ1n) is 16.5. The Morgan fingerprint density at radius 3 is 2.51 bits per heavy atom. The number of aliphatic hydroxyl groups is 4. The van der Waals surface area contributed by atoms with Crippen LogP contribution >= 0.6 is 0 Å². The van der Waals surface area contributed by atoms with Crippen molar-refractivity contribution in [3.63, 3.8) is 0 Å². The molecule has 4 aliphatic carbocycles. The van der Waals surface area contributed by atoms with E-state index in [-0.39, 0.29) is 17.3 Å². The molecular weight excluding hydrogens is 524 g/mol. The average Bonchev–Trinajstić information content (AvgIpc) is 3.40. The molecule has 7 rings (SSSR count). The third-order valence-electron chi connectivity index (χ3n) is 13.5. The second kappa shape index (κ2) is 10.2. The highest BCUT2D eigenvalue weighted by molar-refractivity contribution is 5.26. The Bertz CT molecular complexity index is 1020. The summed E-state index contributed by atoms with van der Waals surface area (Å²) in [6.07, 6.45) is 6.24. The zero-order chi connectivity index (χ0) is 28.9. The van der Waals surface area contributed by atoms with Crippen molar-refractivity contribution in [1.29, 1.82) is 0 Å². The minimum absolute atomic E-state index is 0.129. The van der Waals surface area contributed by atoms with Gasteiger partial charge in [0.25, 0.3) is 0 Å². The van der Waals surface area contributed by atoms with Crippen LogP contribution in [0.15, 0.2) is 11.6 Å². The standard InChI is InChI=1S/C33H52O8/c1-17-7-12-33(38-16-17)18(2)26-24(41-33)14-23-21-6-5-19-13-20(8-10-31(19,3)22(21)9-11-32(23,26)4)39-30-29(37)28(36)27(35)25(15-34)40-30/h5,17-18,20-30,34-37H,6-16H2,1-4H3/t17-,18+,20+,21+,22-,23+,24+,25-,26+,27-,28+,29-,30-,31-,32-,33-/m0/s1. The summed E-state index contributed by atoms with van der Waals surface area (Å²) >= 11 is 0. The molecule has 3 saturated carbocycles. The summed E-state index contributed by atoms with van der Waals surface area (Å²) in [5, 5.41) is 40.4. The monoisotopic (exact) mass is 576 g/mol. The van der Waals surface area contributed by atoms with Gasteiger partial charge in [0.15, 0.2) is 12.1 Å². The summed E-state index contributed by atoms with van der Waals surface area (Å²) in [7, 11) is 0. The highest BCUT2D eigenvalue weighted by atomic mass is 16.7. The van der Waals surface area contributed by atoms with Gasteiger partial charge in [-0.1, -0.05) is 39.3 Å². The SMILES string of the molecule is C[C@H]1CC[C@]2(OC1)O[C@@H]1C[C@@H]3[C@@H]4CC=C5C[C@H](O[C@H]6O[C@@H](CO)[C@H](O)[C@@H](O)[C@@H]6O)CC[C@]5(C)[C@H]4CC[C@]3(C)[C@@H]1[C@H]2C. The van der Waals surface area contributed by atoms with E-state index >= 15 is 0 Å². The maximum absolute atomic E-state index is 10.5. The van der Waals surface area contributed by atoms with Crippen molar-refractivity contribution in [2.75, 3.05) is 13.2 Å². The zero-order valence-electron chi connectivity index (χ0n) is 25.3. The number of aliphatic hydroxyl groups excluding tert-OH is 4. The molecule has 7 aliphatic rings. The minimum Gasteiger partial charge on any atom is -0.394 e. The summed E-state index contributed by atoms with van der Waals surface area (Å²) in [6, 6.07) is 0. The van der Waals surface area contributed by atoms with Crippen LogP contribution in [0.1, 0.15) is 85.5 Å². The number of fused-ring (bicyclic) bond motifs is 7. The van der Waals surface area contributed by atoms with Gasteiger partial charge in [0.2, 0.25) is 0 Å². The molecule has 8 heteroatoms. The summed E-state index contributed by atoms with van der Waals surface area (Å²) in [6.45, 7) is 10.1. The minimum atomic E-state index is -1.41. The van der Waals surface area contributed by atoms with Gasteiger partial charge in [-0.15, -0.1) is 0 Å². The molecule has 4 N–H and O–H groups in total. The van der Waals surface area contributed by atoms with Gasteiger partial charge in [-0.2, -0.15) is 0 Å². The Morgan fingerprint density at radius 1 is 0.976 bits per heavy atom. The Balaban J connectivity index is 1.05. The van der Waals surface area contributed by atoms with E-state index in [0.29, 0.717) is 47.0 Å². The molecule has 1 spiro atoms. The first-order chi connectivity index (χ1) is 19.5. The quantitative estimate of drug-likeness (QED) is 0.377. The molecule has 0 radical (unpaired) electrons. The molecule has 3 saturated heterocycles. The number of allylic oxidation sites excluding steroid dienone is 1. The molecule has 3 aliphatic heterocycles.